The molecule has 3 heterocycles. The van der Waals surface area contributed by atoms with E-state index in [1.54, 1.807) is 5.01 Å². The summed E-state index contributed by atoms with van der Waals surface area (Å²) in [6.07, 6.45) is -3.98. The fourth-order valence-corrected chi connectivity index (χ4v) is 5.15. The van der Waals surface area contributed by atoms with Gasteiger partial charge in [-0.15, -0.1) is 11.3 Å². The first-order chi connectivity index (χ1) is 16.9. The molecule has 2 aliphatic rings. The summed E-state index contributed by atoms with van der Waals surface area (Å²) >= 11 is 0.723. The summed E-state index contributed by atoms with van der Waals surface area (Å²) in [6.45, 7) is 2.52. The van der Waals surface area contributed by atoms with Crippen LogP contribution in [0.3, 0.4) is 0 Å². The Morgan fingerprint density at radius 3 is 2.58 bits per heavy atom. The Labute approximate surface area is 207 Å². The van der Waals surface area contributed by atoms with E-state index >= 15 is 0 Å². The van der Waals surface area contributed by atoms with Gasteiger partial charge in [0.2, 0.25) is 5.91 Å². The maximum Gasteiger partial charge on any atom is 0.416 e. The van der Waals surface area contributed by atoms with Crippen LogP contribution in [0.4, 0.5) is 13.2 Å². The predicted octanol–water partition coefficient (Wildman–Crippen LogP) is 1.36. The zero-order valence-electron chi connectivity index (χ0n) is 19.1. The Morgan fingerprint density at radius 1 is 1.22 bits per heavy atom. The van der Waals surface area contributed by atoms with Crippen LogP contribution in [0, 0.1) is 5.92 Å². The summed E-state index contributed by atoms with van der Waals surface area (Å²) in [5.41, 5.74) is 10.4. The van der Waals surface area contributed by atoms with Crippen molar-refractivity contribution < 1.29 is 32.3 Å². The zero-order chi connectivity index (χ0) is 26.4. The van der Waals surface area contributed by atoms with Crippen LogP contribution in [0.5, 0.6) is 0 Å². The van der Waals surface area contributed by atoms with Crippen molar-refractivity contribution in [2.45, 2.75) is 38.5 Å². The summed E-state index contributed by atoms with van der Waals surface area (Å²) in [4.78, 5) is 53.7. The van der Waals surface area contributed by atoms with Gasteiger partial charge in [-0.1, -0.05) is 13.0 Å². The Hall–Kier alpha value is -3.52. The molecular formula is C22H23F3N6O4S. The van der Waals surface area contributed by atoms with Crippen molar-refractivity contribution >= 4 is 35.0 Å². The number of aromatic nitrogens is 1. The highest BCUT2D eigenvalue weighted by Gasteiger charge is 2.40. The molecule has 4 amide bonds. The van der Waals surface area contributed by atoms with Crippen LogP contribution in [0.2, 0.25) is 0 Å². The number of carbonyl (C=O) groups excluding carboxylic acids is 4. The number of hydrogen-bond donors (Lipinski definition) is 3. The van der Waals surface area contributed by atoms with Gasteiger partial charge in [0.15, 0.2) is 5.01 Å². The molecule has 0 aliphatic carbocycles. The zero-order valence-corrected chi connectivity index (χ0v) is 19.9. The molecule has 192 valence electrons. The van der Waals surface area contributed by atoms with Crippen LogP contribution >= 0.6 is 11.3 Å². The van der Waals surface area contributed by atoms with E-state index < -0.39 is 47.3 Å². The number of primary amides is 2. The predicted molar refractivity (Wildman–Crippen MR) is 121 cm³/mol. The minimum atomic E-state index is -4.56. The molecule has 0 spiro atoms. The van der Waals surface area contributed by atoms with Gasteiger partial charge < -0.3 is 16.8 Å². The summed E-state index contributed by atoms with van der Waals surface area (Å²) < 4.78 is 40.0. The first-order valence-electron chi connectivity index (χ1n) is 11.0. The van der Waals surface area contributed by atoms with Crippen LogP contribution in [0.1, 0.15) is 61.2 Å². The lowest BCUT2D eigenvalue weighted by atomic mass is 9.96. The Bertz CT molecular complexity index is 1250. The van der Waals surface area contributed by atoms with Gasteiger partial charge in [0.05, 0.1) is 11.3 Å². The van der Waals surface area contributed by atoms with E-state index in [-0.39, 0.29) is 34.1 Å². The van der Waals surface area contributed by atoms with E-state index in [4.69, 9.17) is 11.5 Å². The van der Waals surface area contributed by atoms with E-state index in [1.165, 1.54) is 18.0 Å². The fourth-order valence-electron chi connectivity index (χ4n) is 4.35. The SMILES string of the molecule is C[C@H](Cc1nc(C(N)=O)sc1C(N)=O)C(=O)N[C@H]1C(=O)N2CCCN2Cc2cc(C(F)(F)F)ccc21. The molecule has 1 aromatic carbocycles. The second kappa shape index (κ2) is 9.50. The summed E-state index contributed by atoms with van der Waals surface area (Å²) in [5, 5.41) is 5.66. The van der Waals surface area contributed by atoms with Gasteiger partial charge in [-0.05, 0) is 29.7 Å². The second-order valence-electron chi connectivity index (χ2n) is 8.68. The Kier molecular flexibility index (Phi) is 6.75. The van der Waals surface area contributed by atoms with Crippen LogP contribution in [0.25, 0.3) is 0 Å². The molecule has 14 heteroatoms. The quantitative estimate of drug-likeness (QED) is 0.519. The number of hydrogen-bond acceptors (Lipinski definition) is 7. The molecule has 0 bridgehead atoms. The largest absolute Gasteiger partial charge is 0.416 e. The number of nitrogens with two attached hydrogens (primary N) is 2. The highest BCUT2D eigenvalue weighted by molar-refractivity contribution is 7.15. The number of halogens is 3. The number of carbonyl (C=O) groups is 4. The number of benzene rings is 1. The van der Waals surface area contributed by atoms with Crippen LogP contribution in [0.15, 0.2) is 18.2 Å². The maximum atomic E-state index is 13.3. The molecule has 1 aromatic heterocycles. The number of rotatable bonds is 6. The number of nitrogens with zero attached hydrogens (tertiary/aromatic N) is 3. The number of fused-ring (bicyclic) bond motifs is 2. The summed E-state index contributed by atoms with van der Waals surface area (Å²) in [7, 11) is 0. The summed E-state index contributed by atoms with van der Waals surface area (Å²) in [5.74, 6) is -3.54. The molecule has 2 aliphatic heterocycles. The lowest BCUT2D eigenvalue weighted by molar-refractivity contribution is -0.148. The van der Waals surface area contributed by atoms with Gasteiger partial charge in [0, 0.05) is 32.0 Å². The topological polar surface area (TPSA) is 152 Å². The van der Waals surface area contributed by atoms with Crippen molar-refractivity contribution in [3.8, 4) is 0 Å². The third-order valence-electron chi connectivity index (χ3n) is 6.13. The molecule has 0 unspecified atom stereocenters. The number of alkyl halides is 3. The Balaban J connectivity index is 1.61. The van der Waals surface area contributed by atoms with Crippen molar-refractivity contribution in [3.63, 3.8) is 0 Å². The molecule has 10 nitrogen and oxygen atoms in total. The lowest BCUT2D eigenvalue weighted by Crippen LogP contribution is -2.46. The standard InChI is InChI=1S/C22H23F3N6O4S/c1-10(7-14-16(17(26)32)36-20(28-14)18(27)33)19(34)29-15-13-4-3-12(22(23,24)25)8-11(13)9-30-5-2-6-31(30)21(15)35/h3-4,8,10,15H,2,5-7,9H2,1H3,(H2,26,32)(H2,27,33)(H,29,34)/t10-,15-/m1/s1. The van der Waals surface area contributed by atoms with E-state index in [9.17, 15) is 32.3 Å². The first-order valence-corrected chi connectivity index (χ1v) is 11.8. The fraction of sp³-hybridized carbons (Fsp3) is 0.409. The van der Waals surface area contributed by atoms with E-state index in [2.05, 4.69) is 10.3 Å². The molecule has 2 atom stereocenters. The minimum Gasteiger partial charge on any atom is -0.365 e. The first kappa shape index (κ1) is 25.6. The van der Waals surface area contributed by atoms with E-state index in [0.717, 1.165) is 23.5 Å². The van der Waals surface area contributed by atoms with Gasteiger partial charge >= 0.3 is 6.18 Å². The van der Waals surface area contributed by atoms with E-state index in [1.807, 2.05) is 0 Å². The van der Waals surface area contributed by atoms with E-state index in [0.29, 0.717) is 25.1 Å². The molecule has 2 aromatic rings. The Morgan fingerprint density at radius 2 is 1.94 bits per heavy atom. The number of nitrogens with one attached hydrogen (secondary N) is 1. The highest BCUT2D eigenvalue weighted by Crippen LogP contribution is 2.35. The van der Waals surface area contributed by atoms with Crippen molar-refractivity contribution in [1.82, 2.24) is 20.3 Å². The lowest BCUT2D eigenvalue weighted by Gasteiger charge is -2.28. The third kappa shape index (κ3) is 4.91. The number of hydrazine groups is 1. The average molecular weight is 525 g/mol. The van der Waals surface area contributed by atoms with Crippen molar-refractivity contribution in [3.05, 3.63) is 50.5 Å². The second-order valence-corrected chi connectivity index (χ2v) is 9.68. The van der Waals surface area contributed by atoms with Gasteiger partial charge in [-0.25, -0.2) is 9.99 Å². The van der Waals surface area contributed by atoms with Gasteiger partial charge in [-0.2, -0.15) is 13.2 Å². The van der Waals surface area contributed by atoms with Crippen molar-refractivity contribution in [1.29, 1.82) is 0 Å². The molecule has 5 N–H and O–H groups in total. The van der Waals surface area contributed by atoms with Gasteiger partial charge in [0.1, 0.15) is 10.9 Å². The molecular weight excluding hydrogens is 501 g/mol. The smallest absolute Gasteiger partial charge is 0.365 e. The van der Waals surface area contributed by atoms with Crippen molar-refractivity contribution in [2.75, 3.05) is 13.1 Å². The maximum absolute atomic E-state index is 13.3. The van der Waals surface area contributed by atoms with Crippen molar-refractivity contribution in [2.24, 2.45) is 17.4 Å². The third-order valence-corrected chi connectivity index (χ3v) is 7.26. The molecule has 0 radical (unpaired) electrons. The monoisotopic (exact) mass is 524 g/mol. The minimum absolute atomic E-state index is 0.00766. The number of thiazole rings is 1. The molecule has 0 saturated carbocycles. The molecule has 1 saturated heterocycles. The van der Waals surface area contributed by atoms with Crippen LogP contribution in [-0.2, 0) is 28.7 Å². The van der Waals surface area contributed by atoms with Gasteiger partial charge in [0.25, 0.3) is 17.7 Å². The van der Waals surface area contributed by atoms with Crippen LogP contribution < -0.4 is 16.8 Å². The van der Waals surface area contributed by atoms with Crippen LogP contribution in [-0.4, -0.2) is 51.7 Å². The average Bonchev–Trinajstić information content (AvgIpc) is 3.41. The molecule has 1 fully saturated rings. The number of amides is 4. The molecule has 36 heavy (non-hydrogen) atoms. The molecule has 4 rings (SSSR count). The van der Waals surface area contributed by atoms with Gasteiger partial charge in [-0.3, -0.25) is 24.2 Å². The normalized spacial score (nSPS) is 18.8. The summed E-state index contributed by atoms with van der Waals surface area (Å²) in [6, 6.07) is 1.92. The highest BCUT2D eigenvalue weighted by atomic mass is 32.1.